The van der Waals surface area contributed by atoms with Crippen molar-refractivity contribution in [2.75, 3.05) is 29.4 Å². The summed E-state index contributed by atoms with van der Waals surface area (Å²) >= 11 is 13.9. The fourth-order valence-electron chi connectivity index (χ4n) is 2.67. The van der Waals surface area contributed by atoms with Crippen molar-refractivity contribution in [3.05, 3.63) is 63.9 Å². The first-order chi connectivity index (χ1) is 14.2. The molecule has 1 N–H and O–H groups in total. The Morgan fingerprint density at radius 3 is 2.37 bits per heavy atom. The number of nitrogens with one attached hydrogen (secondary N) is 1. The number of hydrogen-bond donors (Lipinski definition) is 1. The quantitative estimate of drug-likeness (QED) is 0.460. The van der Waals surface area contributed by atoms with Gasteiger partial charge in [-0.2, -0.15) is 11.8 Å². The molecule has 1 amide bonds. The maximum atomic E-state index is 13.1. The van der Waals surface area contributed by atoms with Crippen molar-refractivity contribution in [1.82, 2.24) is 5.32 Å². The Labute approximate surface area is 191 Å². The first kappa shape index (κ1) is 24.8. The van der Waals surface area contributed by atoms with Crippen LogP contribution >= 0.6 is 35.0 Å². The number of halogens is 3. The average Bonchev–Trinajstić information content (AvgIpc) is 2.67. The molecule has 0 fully saturated rings. The minimum absolute atomic E-state index is 0.137. The fourth-order valence-corrected chi connectivity index (χ4v) is 5.23. The van der Waals surface area contributed by atoms with Crippen molar-refractivity contribution < 1.29 is 17.6 Å². The number of carbonyl (C=O) groups excluding carboxylic acids is 1. The van der Waals surface area contributed by atoms with E-state index in [1.165, 1.54) is 28.6 Å². The molecular weight excluding hydrogens is 470 g/mol. The summed E-state index contributed by atoms with van der Waals surface area (Å²) in [5.74, 6) is 0.744. The summed E-state index contributed by atoms with van der Waals surface area (Å²) in [6.45, 7) is 0.622. The van der Waals surface area contributed by atoms with E-state index in [2.05, 4.69) is 5.32 Å². The van der Waals surface area contributed by atoms with Crippen molar-refractivity contribution in [3.8, 4) is 0 Å². The molecule has 0 saturated carbocycles. The molecule has 30 heavy (non-hydrogen) atoms. The maximum absolute atomic E-state index is 13.1. The number of rotatable bonds is 11. The van der Waals surface area contributed by atoms with Crippen LogP contribution < -0.4 is 9.62 Å². The third-order valence-corrected chi connectivity index (χ3v) is 7.04. The number of benzene rings is 2. The number of amides is 1. The Kier molecular flexibility index (Phi) is 9.74. The number of thioether (sulfide) groups is 1. The lowest BCUT2D eigenvalue weighted by atomic mass is 10.2. The smallest absolute Gasteiger partial charge is 0.232 e. The number of hydrogen-bond acceptors (Lipinski definition) is 4. The van der Waals surface area contributed by atoms with Crippen LogP contribution in [0.25, 0.3) is 0 Å². The van der Waals surface area contributed by atoms with Crippen molar-refractivity contribution >= 4 is 56.6 Å². The number of anilines is 1. The van der Waals surface area contributed by atoms with E-state index in [9.17, 15) is 17.6 Å². The minimum atomic E-state index is -3.53. The molecule has 0 unspecified atom stereocenters. The first-order valence-electron chi connectivity index (χ1n) is 9.19. The first-order valence-corrected chi connectivity index (χ1v) is 12.9. The number of sulfonamides is 1. The molecule has 0 aliphatic carbocycles. The Hall–Kier alpha value is -1.48. The van der Waals surface area contributed by atoms with Gasteiger partial charge in [0.15, 0.2) is 0 Å². The van der Waals surface area contributed by atoms with E-state index in [1.54, 1.807) is 30.0 Å². The second kappa shape index (κ2) is 11.8. The maximum Gasteiger partial charge on any atom is 0.232 e. The lowest BCUT2D eigenvalue weighted by Crippen LogP contribution is -2.32. The lowest BCUT2D eigenvalue weighted by molar-refractivity contribution is -0.121. The molecule has 0 aliphatic rings. The zero-order chi connectivity index (χ0) is 22.1. The Balaban J connectivity index is 1.71. The van der Waals surface area contributed by atoms with Crippen molar-refractivity contribution in [2.24, 2.45) is 0 Å². The molecule has 0 bridgehead atoms. The van der Waals surface area contributed by atoms with E-state index in [4.69, 9.17) is 23.2 Å². The highest BCUT2D eigenvalue weighted by molar-refractivity contribution is 7.98. The zero-order valence-electron chi connectivity index (χ0n) is 16.4. The van der Waals surface area contributed by atoms with Crippen LogP contribution in [0.4, 0.5) is 10.1 Å². The summed E-state index contributed by atoms with van der Waals surface area (Å²) in [5.41, 5.74) is 1.24. The van der Waals surface area contributed by atoms with E-state index in [1.807, 2.05) is 0 Å². The molecule has 0 heterocycles. The van der Waals surface area contributed by atoms with Crippen LogP contribution in [0.5, 0.6) is 0 Å². The van der Waals surface area contributed by atoms with Crippen LogP contribution in [0.1, 0.15) is 18.4 Å². The van der Waals surface area contributed by atoms with Crippen LogP contribution in [-0.4, -0.2) is 39.4 Å². The normalized spacial score (nSPS) is 11.3. The Morgan fingerprint density at radius 1 is 1.13 bits per heavy atom. The van der Waals surface area contributed by atoms with E-state index < -0.39 is 15.8 Å². The molecule has 164 valence electrons. The molecule has 5 nitrogen and oxygen atoms in total. The highest BCUT2D eigenvalue weighted by Gasteiger charge is 2.17. The van der Waals surface area contributed by atoms with Crippen LogP contribution in [0.2, 0.25) is 10.0 Å². The van der Waals surface area contributed by atoms with Crippen LogP contribution in [0.15, 0.2) is 42.5 Å². The number of nitrogens with zero attached hydrogens (tertiary/aromatic N) is 1. The lowest BCUT2D eigenvalue weighted by Gasteiger charge is -2.22. The second-order valence-electron chi connectivity index (χ2n) is 6.52. The summed E-state index contributed by atoms with van der Waals surface area (Å²) in [5, 5.41) is 4.06. The topological polar surface area (TPSA) is 66.5 Å². The van der Waals surface area contributed by atoms with Gasteiger partial charge in [-0.15, -0.1) is 0 Å². The van der Waals surface area contributed by atoms with E-state index in [0.717, 1.165) is 11.8 Å². The SMILES string of the molecule is CS(=O)(=O)N(CCCC(=O)NCCSCc1c(Cl)cccc1Cl)c1ccc(F)cc1. The van der Waals surface area contributed by atoms with Gasteiger partial charge < -0.3 is 5.32 Å². The predicted molar refractivity (Wildman–Crippen MR) is 123 cm³/mol. The van der Waals surface area contributed by atoms with Gasteiger partial charge >= 0.3 is 0 Å². The van der Waals surface area contributed by atoms with Crippen LogP contribution in [0, 0.1) is 5.82 Å². The highest BCUT2D eigenvalue weighted by Crippen LogP contribution is 2.28. The summed E-state index contributed by atoms with van der Waals surface area (Å²) in [6.07, 6.45) is 1.62. The average molecular weight is 493 g/mol. The number of carbonyl (C=O) groups is 1. The molecule has 0 aromatic heterocycles. The van der Waals surface area contributed by atoms with Gasteiger partial charge in [0.1, 0.15) is 5.82 Å². The molecule has 0 spiro atoms. The molecule has 0 saturated heterocycles. The summed E-state index contributed by atoms with van der Waals surface area (Å²) in [4.78, 5) is 12.0. The third-order valence-electron chi connectivity index (χ3n) is 4.16. The van der Waals surface area contributed by atoms with Gasteiger partial charge in [0.2, 0.25) is 15.9 Å². The van der Waals surface area contributed by atoms with Gasteiger partial charge in [0.05, 0.1) is 11.9 Å². The molecule has 2 aromatic carbocycles. The Morgan fingerprint density at radius 2 is 1.77 bits per heavy atom. The molecule has 0 aliphatic heterocycles. The van der Waals surface area contributed by atoms with Gasteiger partial charge in [-0.1, -0.05) is 29.3 Å². The molecule has 0 atom stereocenters. The third kappa shape index (κ3) is 7.98. The fraction of sp³-hybridized carbons (Fsp3) is 0.350. The minimum Gasteiger partial charge on any atom is -0.355 e. The molecule has 2 aromatic rings. The van der Waals surface area contributed by atoms with Crippen molar-refractivity contribution in [3.63, 3.8) is 0 Å². The monoisotopic (exact) mass is 492 g/mol. The largest absolute Gasteiger partial charge is 0.355 e. The van der Waals surface area contributed by atoms with Crippen LogP contribution in [0.3, 0.4) is 0 Å². The van der Waals surface area contributed by atoms with Gasteiger partial charge in [-0.3, -0.25) is 9.10 Å². The molecule has 0 radical (unpaired) electrons. The molecule has 2 rings (SSSR count). The van der Waals surface area contributed by atoms with Gasteiger partial charge in [-0.05, 0) is 48.4 Å². The second-order valence-corrected chi connectivity index (χ2v) is 10.3. The van der Waals surface area contributed by atoms with Crippen molar-refractivity contribution in [2.45, 2.75) is 18.6 Å². The van der Waals surface area contributed by atoms with E-state index in [0.29, 0.717) is 40.2 Å². The predicted octanol–water partition coefficient (Wildman–Crippen LogP) is 4.73. The summed E-state index contributed by atoms with van der Waals surface area (Å²) in [6, 6.07) is 10.6. The van der Waals surface area contributed by atoms with Crippen LogP contribution in [-0.2, 0) is 20.6 Å². The molecular formula is C20H23Cl2FN2O3S2. The van der Waals surface area contributed by atoms with Gasteiger partial charge in [0, 0.05) is 41.1 Å². The van der Waals surface area contributed by atoms with Gasteiger partial charge in [-0.25, -0.2) is 12.8 Å². The van der Waals surface area contributed by atoms with Gasteiger partial charge in [0.25, 0.3) is 0 Å². The van der Waals surface area contributed by atoms with Crippen molar-refractivity contribution in [1.29, 1.82) is 0 Å². The molecule has 10 heteroatoms. The summed E-state index contributed by atoms with van der Waals surface area (Å²) in [7, 11) is -3.53. The van der Waals surface area contributed by atoms with E-state index in [-0.39, 0.29) is 18.9 Å². The summed E-state index contributed by atoms with van der Waals surface area (Å²) < 4.78 is 38.3. The Bertz CT molecular complexity index is 937. The standard InChI is InChI=1S/C20H23Cl2FN2O3S2/c1-30(27,28)25(16-9-7-15(23)8-10-16)12-3-6-20(26)24-11-13-29-14-17-18(21)4-2-5-19(17)22/h2,4-5,7-10H,3,6,11-14H2,1H3,(H,24,26). The zero-order valence-corrected chi connectivity index (χ0v) is 19.6. The highest BCUT2D eigenvalue weighted by atomic mass is 35.5. The van der Waals surface area contributed by atoms with E-state index >= 15 is 0 Å².